The molecule has 2 heteroatoms. The zero-order valence-corrected chi connectivity index (χ0v) is 9.27. The molecule has 0 amide bonds. The van der Waals surface area contributed by atoms with Gasteiger partial charge in [-0.3, -0.25) is 0 Å². The van der Waals surface area contributed by atoms with E-state index in [1.807, 2.05) is 29.1 Å². The first-order chi connectivity index (χ1) is 7.36. The Hall–Kier alpha value is -1.57. The van der Waals surface area contributed by atoms with Crippen LogP contribution in [0.4, 0.5) is 0 Å². The number of nitrogens with zero attached hydrogens (tertiary/aromatic N) is 2. The number of rotatable bonds is 3. The molecule has 15 heavy (non-hydrogen) atoms. The average Bonchev–Trinajstić information content (AvgIpc) is 2.72. The van der Waals surface area contributed by atoms with Gasteiger partial charge in [-0.15, -0.1) is 0 Å². The fraction of sp³-hybridized carbons (Fsp3) is 0.308. The van der Waals surface area contributed by atoms with Crippen molar-refractivity contribution in [2.24, 2.45) is 0 Å². The van der Waals surface area contributed by atoms with Gasteiger partial charge in [0, 0.05) is 5.69 Å². The van der Waals surface area contributed by atoms with E-state index < -0.39 is 0 Å². The van der Waals surface area contributed by atoms with Gasteiger partial charge in [-0.25, -0.2) is 4.68 Å². The minimum Gasteiger partial charge on any atom is -0.238 e. The van der Waals surface area contributed by atoms with Crippen molar-refractivity contribution in [3.63, 3.8) is 0 Å². The summed E-state index contributed by atoms with van der Waals surface area (Å²) >= 11 is 0. The van der Waals surface area contributed by atoms with Crippen LogP contribution >= 0.6 is 0 Å². The monoisotopic (exact) mass is 200 g/mol. The number of para-hydroxylation sites is 1. The summed E-state index contributed by atoms with van der Waals surface area (Å²) in [6.45, 7) is 4.35. The topological polar surface area (TPSA) is 17.8 Å². The van der Waals surface area contributed by atoms with Crippen molar-refractivity contribution in [1.82, 2.24) is 9.78 Å². The van der Waals surface area contributed by atoms with E-state index in [2.05, 4.69) is 31.1 Å². The summed E-state index contributed by atoms with van der Waals surface area (Å²) in [5.41, 5.74) is 3.82. The molecule has 0 radical (unpaired) electrons. The maximum Gasteiger partial charge on any atom is 0.0648 e. The van der Waals surface area contributed by atoms with Crippen LogP contribution in [-0.2, 0) is 12.8 Å². The Kier molecular flexibility index (Phi) is 2.86. The van der Waals surface area contributed by atoms with Crippen LogP contribution in [0, 0.1) is 0 Å². The second-order valence-electron chi connectivity index (χ2n) is 3.57. The van der Waals surface area contributed by atoms with Gasteiger partial charge in [0.05, 0.1) is 11.9 Å². The van der Waals surface area contributed by atoms with E-state index >= 15 is 0 Å². The molecule has 0 spiro atoms. The van der Waals surface area contributed by atoms with Crippen LogP contribution in [-0.4, -0.2) is 9.78 Å². The molecule has 78 valence electrons. The second-order valence-corrected chi connectivity index (χ2v) is 3.57. The molecule has 0 saturated carbocycles. The van der Waals surface area contributed by atoms with Crippen LogP contribution in [0.25, 0.3) is 5.69 Å². The lowest BCUT2D eigenvalue weighted by Gasteiger charge is -2.06. The highest BCUT2D eigenvalue weighted by atomic mass is 15.3. The normalized spacial score (nSPS) is 10.5. The molecular weight excluding hydrogens is 184 g/mol. The van der Waals surface area contributed by atoms with Crippen LogP contribution in [0.15, 0.2) is 36.5 Å². The average molecular weight is 200 g/mol. The van der Waals surface area contributed by atoms with E-state index in [1.54, 1.807) is 0 Å². The van der Waals surface area contributed by atoms with E-state index in [0.717, 1.165) is 18.5 Å². The third-order valence-electron chi connectivity index (χ3n) is 2.67. The van der Waals surface area contributed by atoms with Gasteiger partial charge < -0.3 is 0 Å². The van der Waals surface area contributed by atoms with Crippen LogP contribution in [0.5, 0.6) is 0 Å². The maximum absolute atomic E-state index is 4.44. The van der Waals surface area contributed by atoms with Crippen molar-refractivity contribution < 1.29 is 0 Å². The predicted octanol–water partition coefficient (Wildman–Crippen LogP) is 3.00. The fourth-order valence-corrected chi connectivity index (χ4v) is 1.87. The van der Waals surface area contributed by atoms with Crippen molar-refractivity contribution >= 4 is 0 Å². The lowest BCUT2D eigenvalue weighted by Crippen LogP contribution is -2.02. The number of aryl methyl sites for hydroxylation is 1. The molecule has 0 unspecified atom stereocenters. The van der Waals surface area contributed by atoms with Crippen molar-refractivity contribution in [3.8, 4) is 5.69 Å². The van der Waals surface area contributed by atoms with Crippen molar-refractivity contribution in [2.45, 2.75) is 26.7 Å². The van der Waals surface area contributed by atoms with Crippen LogP contribution in [0.2, 0.25) is 0 Å². The summed E-state index contributed by atoms with van der Waals surface area (Å²) in [7, 11) is 0. The van der Waals surface area contributed by atoms with Gasteiger partial charge in [-0.1, -0.05) is 32.0 Å². The molecule has 0 atom stereocenters. The molecule has 0 fully saturated rings. The van der Waals surface area contributed by atoms with Crippen LogP contribution in [0.3, 0.4) is 0 Å². The second kappa shape index (κ2) is 4.30. The van der Waals surface area contributed by atoms with Crippen molar-refractivity contribution in [2.75, 3.05) is 0 Å². The molecule has 2 rings (SSSR count). The first-order valence-electron chi connectivity index (χ1n) is 5.48. The molecule has 0 N–H and O–H groups in total. The number of aromatic nitrogens is 2. The Morgan fingerprint density at radius 1 is 1.07 bits per heavy atom. The molecule has 0 aliphatic heterocycles. The smallest absolute Gasteiger partial charge is 0.0648 e. The molecule has 2 nitrogen and oxygen atoms in total. The SMILES string of the molecule is CCc1cnn(-c2ccccc2)c1CC. The molecule has 0 aliphatic carbocycles. The first kappa shape index (κ1) is 9.97. The minimum atomic E-state index is 1.03. The van der Waals surface area contributed by atoms with Gasteiger partial charge >= 0.3 is 0 Å². The number of hydrogen-bond acceptors (Lipinski definition) is 1. The van der Waals surface area contributed by atoms with Crippen molar-refractivity contribution in [1.29, 1.82) is 0 Å². The molecule has 2 aromatic rings. The Balaban J connectivity index is 2.49. The predicted molar refractivity (Wildman–Crippen MR) is 62.3 cm³/mol. The highest BCUT2D eigenvalue weighted by Crippen LogP contribution is 2.15. The highest BCUT2D eigenvalue weighted by molar-refractivity contribution is 5.34. The zero-order valence-electron chi connectivity index (χ0n) is 9.27. The van der Waals surface area contributed by atoms with Gasteiger partial charge in [0.1, 0.15) is 0 Å². The third-order valence-corrected chi connectivity index (χ3v) is 2.67. The Morgan fingerprint density at radius 3 is 2.40 bits per heavy atom. The van der Waals surface area contributed by atoms with Gasteiger partial charge in [-0.05, 0) is 30.5 Å². The van der Waals surface area contributed by atoms with Crippen molar-refractivity contribution in [3.05, 3.63) is 47.8 Å². The Morgan fingerprint density at radius 2 is 1.80 bits per heavy atom. The lowest BCUT2D eigenvalue weighted by molar-refractivity contribution is 0.808. The largest absolute Gasteiger partial charge is 0.238 e. The van der Waals surface area contributed by atoms with Gasteiger partial charge in [0.15, 0.2) is 0 Å². The molecule has 1 heterocycles. The summed E-state index contributed by atoms with van der Waals surface area (Å²) < 4.78 is 2.04. The molecule has 0 aliphatic rings. The quantitative estimate of drug-likeness (QED) is 0.744. The molecular formula is C13H16N2. The first-order valence-corrected chi connectivity index (χ1v) is 5.48. The van der Waals surface area contributed by atoms with E-state index in [4.69, 9.17) is 0 Å². The van der Waals surface area contributed by atoms with E-state index in [0.29, 0.717) is 0 Å². The number of hydrogen-bond donors (Lipinski definition) is 0. The third kappa shape index (κ3) is 1.80. The van der Waals surface area contributed by atoms with Crippen LogP contribution < -0.4 is 0 Å². The number of benzene rings is 1. The van der Waals surface area contributed by atoms with Gasteiger partial charge in [-0.2, -0.15) is 5.10 Å². The van der Waals surface area contributed by atoms with Gasteiger partial charge in [0.2, 0.25) is 0 Å². The lowest BCUT2D eigenvalue weighted by atomic mass is 10.1. The van der Waals surface area contributed by atoms with Gasteiger partial charge in [0.25, 0.3) is 0 Å². The standard InChI is InChI=1S/C13H16N2/c1-3-11-10-14-15(13(11)4-2)12-8-6-5-7-9-12/h5-10H,3-4H2,1-2H3. The zero-order chi connectivity index (χ0) is 10.7. The Bertz CT molecular complexity index is 429. The summed E-state index contributed by atoms with van der Waals surface area (Å²) in [6.07, 6.45) is 4.06. The summed E-state index contributed by atoms with van der Waals surface area (Å²) in [5, 5.41) is 4.44. The fourth-order valence-electron chi connectivity index (χ4n) is 1.87. The summed E-state index contributed by atoms with van der Waals surface area (Å²) in [4.78, 5) is 0. The maximum atomic E-state index is 4.44. The Labute approximate surface area is 90.6 Å². The molecule has 0 saturated heterocycles. The van der Waals surface area contributed by atoms with E-state index in [9.17, 15) is 0 Å². The van der Waals surface area contributed by atoms with Crippen LogP contribution in [0.1, 0.15) is 25.1 Å². The summed E-state index contributed by atoms with van der Waals surface area (Å²) in [6, 6.07) is 10.3. The van der Waals surface area contributed by atoms with E-state index in [-0.39, 0.29) is 0 Å². The molecule has 1 aromatic heterocycles. The molecule has 1 aromatic carbocycles. The summed E-state index contributed by atoms with van der Waals surface area (Å²) in [5.74, 6) is 0. The molecule has 0 bridgehead atoms. The highest BCUT2D eigenvalue weighted by Gasteiger charge is 2.08. The minimum absolute atomic E-state index is 1.03. The van der Waals surface area contributed by atoms with E-state index in [1.165, 1.54) is 11.3 Å².